The van der Waals surface area contributed by atoms with Crippen molar-refractivity contribution < 1.29 is 4.79 Å². The molecule has 1 aliphatic carbocycles. The van der Waals surface area contributed by atoms with Gasteiger partial charge in [-0.15, -0.1) is 0 Å². The van der Waals surface area contributed by atoms with E-state index in [0.29, 0.717) is 11.7 Å². The molecule has 0 radical (unpaired) electrons. The Bertz CT molecular complexity index is 638. The summed E-state index contributed by atoms with van der Waals surface area (Å²) in [4.78, 5) is 16.4. The second kappa shape index (κ2) is 6.60. The van der Waals surface area contributed by atoms with E-state index in [1.54, 1.807) is 6.20 Å². The van der Waals surface area contributed by atoms with Crippen LogP contribution in [0.5, 0.6) is 0 Å². The van der Waals surface area contributed by atoms with Crippen LogP contribution >= 0.6 is 0 Å². The summed E-state index contributed by atoms with van der Waals surface area (Å²) >= 11 is 0. The molecule has 2 amide bonds. The van der Waals surface area contributed by atoms with Crippen LogP contribution in [-0.4, -0.2) is 17.1 Å². The maximum absolute atomic E-state index is 12.2. The molecule has 0 aliphatic heterocycles. The van der Waals surface area contributed by atoms with Crippen LogP contribution in [0.1, 0.15) is 24.0 Å². The minimum atomic E-state index is -0.172. The largest absolute Gasteiger partial charge is 0.334 e. The topological polar surface area (TPSA) is 54.0 Å². The van der Waals surface area contributed by atoms with Gasteiger partial charge in [0.05, 0.1) is 0 Å². The number of anilines is 1. The number of aryl methyl sites for hydroxylation is 1. The van der Waals surface area contributed by atoms with Crippen LogP contribution in [0.2, 0.25) is 0 Å². The van der Waals surface area contributed by atoms with E-state index in [4.69, 9.17) is 0 Å². The molecule has 1 saturated carbocycles. The third-order valence-corrected chi connectivity index (χ3v) is 4.05. The first kappa shape index (κ1) is 14.6. The van der Waals surface area contributed by atoms with Gasteiger partial charge in [-0.05, 0) is 49.3 Å². The highest BCUT2D eigenvalue weighted by atomic mass is 16.2. The van der Waals surface area contributed by atoms with E-state index in [9.17, 15) is 4.79 Å². The fourth-order valence-corrected chi connectivity index (χ4v) is 2.63. The second-order valence-corrected chi connectivity index (χ2v) is 5.90. The number of hydrogen-bond acceptors (Lipinski definition) is 2. The van der Waals surface area contributed by atoms with Gasteiger partial charge < -0.3 is 5.32 Å². The summed E-state index contributed by atoms with van der Waals surface area (Å²) in [5.74, 6) is 1.21. The van der Waals surface area contributed by atoms with Crippen LogP contribution in [0, 0.1) is 12.8 Å². The van der Waals surface area contributed by atoms with E-state index in [2.05, 4.69) is 27.8 Å². The Morgan fingerprint density at radius 1 is 1.23 bits per heavy atom. The first-order valence-electron chi connectivity index (χ1n) is 7.75. The molecule has 1 aromatic heterocycles. The van der Waals surface area contributed by atoms with E-state index in [0.717, 1.165) is 12.0 Å². The number of aromatic nitrogens is 1. The Hall–Kier alpha value is -2.36. The van der Waals surface area contributed by atoms with Gasteiger partial charge in [0.15, 0.2) is 0 Å². The molecule has 0 saturated heterocycles. The normalized spacial score (nSPS) is 15.1. The lowest BCUT2D eigenvalue weighted by atomic mass is 10.0. The van der Waals surface area contributed by atoms with Crippen LogP contribution in [0.3, 0.4) is 0 Å². The van der Waals surface area contributed by atoms with Crippen molar-refractivity contribution in [3.8, 4) is 0 Å². The summed E-state index contributed by atoms with van der Waals surface area (Å²) < 4.78 is 0. The summed E-state index contributed by atoms with van der Waals surface area (Å²) in [7, 11) is 0. The van der Waals surface area contributed by atoms with Gasteiger partial charge >= 0.3 is 6.03 Å². The Balaban J connectivity index is 1.61. The molecule has 1 atom stereocenters. The third kappa shape index (κ3) is 3.85. The van der Waals surface area contributed by atoms with Crippen molar-refractivity contribution in [1.82, 2.24) is 10.3 Å². The molecule has 0 bridgehead atoms. The predicted octanol–water partition coefficient (Wildman–Crippen LogP) is 3.53. The Morgan fingerprint density at radius 3 is 2.68 bits per heavy atom. The molecular formula is C18H21N3O. The Labute approximate surface area is 131 Å². The fraction of sp³-hybridized carbons (Fsp3) is 0.333. The molecule has 2 N–H and O–H groups in total. The van der Waals surface area contributed by atoms with Crippen molar-refractivity contribution in [1.29, 1.82) is 0 Å². The third-order valence-electron chi connectivity index (χ3n) is 4.05. The van der Waals surface area contributed by atoms with Crippen LogP contribution < -0.4 is 10.6 Å². The molecule has 1 heterocycles. The number of amides is 2. The zero-order valence-corrected chi connectivity index (χ0v) is 12.8. The fourth-order valence-electron chi connectivity index (χ4n) is 2.63. The smallest absolute Gasteiger partial charge is 0.320 e. The van der Waals surface area contributed by atoms with Crippen molar-refractivity contribution in [3.63, 3.8) is 0 Å². The Kier molecular flexibility index (Phi) is 4.37. The second-order valence-electron chi connectivity index (χ2n) is 5.90. The molecule has 0 spiro atoms. The number of benzene rings is 1. The summed E-state index contributed by atoms with van der Waals surface area (Å²) in [6.45, 7) is 1.94. The number of carbonyl (C=O) groups excluding carboxylic acids is 1. The number of nitrogens with one attached hydrogen (secondary N) is 2. The first-order valence-corrected chi connectivity index (χ1v) is 7.75. The van der Waals surface area contributed by atoms with Crippen LogP contribution in [0.4, 0.5) is 10.6 Å². The summed E-state index contributed by atoms with van der Waals surface area (Å²) in [6.07, 6.45) is 4.95. The number of carbonyl (C=O) groups is 1. The van der Waals surface area contributed by atoms with Gasteiger partial charge in [0.1, 0.15) is 5.82 Å². The van der Waals surface area contributed by atoms with E-state index < -0.39 is 0 Å². The molecule has 2 aromatic rings. The maximum atomic E-state index is 12.2. The molecule has 4 nitrogen and oxygen atoms in total. The van der Waals surface area contributed by atoms with Crippen molar-refractivity contribution in [3.05, 3.63) is 59.8 Å². The maximum Gasteiger partial charge on any atom is 0.320 e. The first-order chi connectivity index (χ1) is 10.7. The van der Waals surface area contributed by atoms with Crippen molar-refractivity contribution in [2.75, 3.05) is 5.32 Å². The van der Waals surface area contributed by atoms with Gasteiger partial charge in [-0.2, -0.15) is 0 Å². The summed E-state index contributed by atoms with van der Waals surface area (Å²) in [5.41, 5.74) is 2.22. The van der Waals surface area contributed by atoms with Gasteiger partial charge in [0.25, 0.3) is 0 Å². The zero-order valence-electron chi connectivity index (χ0n) is 12.8. The number of hydrogen-bond donors (Lipinski definition) is 2. The zero-order chi connectivity index (χ0) is 15.4. The number of nitrogens with zero attached hydrogens (tertiary/aromatic N) is 1. The van der Waals surface area contributed by atoms with E-state index in [1.807, 2.05) is 37.3 Å². The van der Waals surface area contributed by atoms with Gasteiger partial charge in [0, 0.05) is 12.2 Å². The van der Waals surface area contributed by atoms with E-state index >= 15 is 0 Å². The lowest BCUT2D eigenvalue weighted by molar-refractivity contribution is 0.246. The highest BCUT2D eigenvalue weighted by Crippen LogP contribution is 2.34. The monoisotopic (exact) mass is 295 g/mol. The SMILES string of the molecule is Cc1cccnc1NC(=O)N[C@@H](Cc1ccccc1)C1CC1. The van der Waals surface area contributed by atoms with Crippen molar-refractivity contribution in [2.45, 2.75) is 32.2 Å². The lowest BCUT2D eigenvalue weighted by Gasteiger charge is -2.19. The van der Waals surface area contributed by atoms with Crippen LogP contribution in [-0.2, 0) is 6.42 Å². The van der Waals surface area contributed by atoms with Crippen LogP contribution in [0.25, 0.3) is 0 Å². The summed E-state index contributed by atoms with van der Waals surface area (Å²) in [6, 6.07) is 14.1. The highest BCUT2D eigenvalue weighted by Gasteiger charge is 2.32. The van der Waals surface area contributed by atoms with Gasteiger partial charge in [0.2, 0.25) is 0 Å². The van der Waals surface area contributed by atoms with E-state index in [-0.39, 0.29) is 12.1 Å². The van der Waals surface area contributed by atoms with Crippen molar-refractivity contribution in [2.24, 2.45) is 5.92 Å². The van der Waals surface area contributed by atoms with Gasteiger partial charge in [-0.3, -0.25) is 5.32 Å². The van der Waals surface area contributed by atoms with Crippen molar-refractivity contribution >= 4 is 11.8 Å². The molecule has 3 rings (SSSR count). The minimum absolute atomic E-state index is 0.172. The molecule has 0 unspecified atom stereocenters. The quantitative estimate of drug-likeness (QED) is 0.886. The number of pyridine rings is 1. The molecule has 1 aliphatic rings. The molecule has 22 heavy (non-hydrogen) atoms. The summed E-state index contributed by atoms with van der Waals surface area (Å²) in [5, 5.41) is 5.96. The molecule has 114 valence electrons. The number of urea groups is 1. The van der Waals surface area contributed by atoms with Gasteiger partial charge in [-0.25, -0.2) is 9.78 Å². The van der Waals surface area contributed by atoms with E-state index in [1.165, 1.54) is 18.4 Å². The molecule has 4 heteroatoms. The lowest BCUT2D eigenvalue weighted by Crippen LogP contribution is -2.41. The average molecular weight is 295 g/mol. The Morgan fingerprint density at radius 2 is 2.00 bits per heavy atom. The highest BCUT2D eigenvalue weighted by molar-refractivity contribution is 5.89. The molecular weight excluding hydrogens is 274 g/mol. The predicted molar refractivity (Wildman–Crippen MR) is 87.8 cm³/mol. The van der Waals surface area contributed by atoms with Gasteiger partial charge in [-0.1, -0.05) is 36.4 Å². The molecule has 1 fully saturated rings. The molecule has 1 aromatic carbocycles. The minimum Gasteiger partial charge on any atom is -0.334 e. The number of rotatable bonds is 5. The van der Waals surface area contributed by atoms with Crippen LogP contribution in [0.15, 0.2) is 48.7 Å². The average Bonchev–Trinajstić information content (AvgIpc) is 3.35. The standard InChI is InChI=1S/C18H21N3O/c1-13-6-5-11-19-17(13)21-18(22)20-16(15-9-10-15)12-14-7-3-2-4-8-14/h2-8,11,15-16H,9-10,12H2,1H3,(H2,19,20,21,22)/t16-/m0/s1.